The fourth-order valence-corrected chi connectivity index (χ4v) is 1.29. The lowest BCUT2D eigenvalue weighted by Gasteiger charge is -2.05. The molecule has 0 fully saturated rings. The van der Waals surface area contributed by atoms with Gasteiger partial charge in [0.05, 0.1) is 17.1 Å². The molecule has 0 unspecified atom stereocenters. The Labute approximate surface area is 84.4 Å². The van der Waals surface area contributed by atoms with Gasteiger partial charge in [-0.25, -0.2) is 0 Å². The lowest BCUT2D eigenvalue weighted by molar-refractivity contribution is -0.385. The van der Waals surface area contributed by atoms with E-state index < -0.39 is 4.92 Å². The largest absolute Gasteiger partial charge is 0.494 e. The number of halogens is 1. The van der Waals surface area contributed by atoms with Crippen molar-refractivity contribution in [1.29, 1.82) is 0 Å². The van der Waals surface area contributed by atoms with Crippen molar-refractivity contribution in [2.24, 2.45) is 0 Å². The molecule has 0 saturated heterocycles. The van der Waals surface area contributed by atoms with Crippen molar-refractivity contribution in [2.45, 2.75) is 0 Å². The van der Waals surface area contributed by atoms with Crippen LogP contribution in [0.25, 0.3) is 0 Å². The Morgan fingerprint density at radius 3 is 2.64 bits per heavy atom. The third-order valence-electron chi connectivity index (χ3n) is 1.64. The molecule has 0 aliphatic rings. The van der Waals surface area contributed by atoms with Crippen molar-refractivity contribution >= 4 is 23.6 Å². The number of hydrogen-bond donors (Lipinski definition) is 0. The van der Waals surface area contributed by atoms with Gasteiger partial charge in [-0.2, -0.15) is 0 Å². The number of carbonyl (C=O) groups is 1. The van der Waals surface area contributed by atoms with E-state index in [0.29, 0.717) is 6.29 Å². The zero-order chi connectivity index (χ0) is 10.7. The second-order valence-electron chi connectivity index (χ2n) is 2.39. The van der Waals surface area contributed by atoms with Crippen LogP contribution < -0.4 is 4.74 Å². The minimum Gasteiger partial charge on any atom is -0.494 e. The van der Waals surface area contributed by atoms with Gasteiger partial charge in [-0.05, 0) is 6.07 Å². The van der Waals surface area contributed by atoms with Gasteiger partial charge in [0.1, 0.15) is 5.56 Å². The summed E-state index contributed by atoms with van der Waals surface area (Å²) in [5.74, 6) is 0.0240. The maximum atomic E-state index is 10.6. The van der Waals surface area contributed by atoms with E-state index in [1.54, 1.807) is 0 Å². The van der Waals surface area contributed by atoms with Gasteiger partial charge in [0.15, 0.2) is 12.0 Å². The summed E-state index contributed by atoms with van der Waals surface area (Å²) in [7, 11) is 1.29. The standard InChI is InChI=1S/C8H6ClNO4/c1-14-8-5(4-11)7(10(12)13)3-2-6(8)9/h2-4H,1H3. The molecular formula is C8H6ClNO4. The molecule has 0 N–H and O–H groups in total. The smallest absolute Gasteiger partial charge is 0.283 e. The van der Waals surface area contributed by atoms with Gasteiger partial charge in [-0.15, -0.1) is 0 Å². The summed E-state index contributed by atoms with van der Waals surface area (Å²) in [4.78, 5) is 20.5. The molecule has 1 aromatic rings. The van der Waals surface area contributed by atoms with Crippen LogP contribution in [0, 0.1) is 10.1 Å². The molecule has 0 bridgehead atoms. The van der Waals surface area contributed by atoms with E-state index in [2.05, 4.69) is 0 Å². The summed E-state index contributed by atoms with van der Waals surface area (Å²) in [5.41, 5.74) is -0.466. The van der Waals surface area contributed by atoms with Crippen molar-refractivity contribution in [3.05, 3.63) is 32.8 Å². The molecule has 0 atom stereocenters. The number of nitro benzene ring substituents is 1. The van der Waals surface area contributed by atoms with Crippen LogP contribution in [0.1, 0.15) is 10.4 Å². The highest BCUT2D eigenvalue weighted by molar-refractivity contribution is 6.32. The Bertz CT molecular complexity index is 391. The van der Waals surface area contributed by atoms with Gasteiger partial charge in [0.25, 0.3) is 5.69 Å². The van der Waals surface area contributed by atoms with Crippen LogP contribution in [0.4, 0.5) is 5.69 Å². The fraction of sp³-hybridized carbons (Fsp3) is 0.125. The number of methoxy groups -OCH3 is 1. The summed E-state index contributed by atoms with van der Waals surface area (Å²) >= 11 is 5.68. The number of aldehydes is 1. The van der Waals surface area contributed by atoms with E-state index in [9.17, 15) is 14.9 Å². The van der Waals surface area contributed by atoms with Crippen LogP contribution in [0.15, 0.2) is 12.1 Å². The SMILES string of the molecule is COc1c(Cl)ccc([N+](=O)[O-])c1C=O. The first-order chi connectivity index (χ1) is 6.61. The van der Waals surface area contributed by atoms with E-state index in [1.807, 2.05) is 0 Å². The molecule has 14 heavy (non-hydrogen) atoms. The molecule has 0 aromatic heterocycles. The summed E-state index contributed by atoms with van der Waals surface area (Å²) in [6.45, 7) is 0. The fourth-order valence-electron chi connectivity index (χ4n) is 1.04. The topological polar surface area (TPSA) is 69.4 Å². The Balaban J connectivity index is 3.48. The van der Waals surface area contributed by atoms with E-state index in [4.69, 9.17) is 16.3 Å². The third-order valence-corrected chi connectivity index (χ3v) is 1.94. The van der Waals surface area contributed by atoms with Crippen LogP contribution in [0.2, 0.25) is 5.02 Å². The maximum absolute atomic E-state index is 10.6. The first kappa shape index (κ1) is 10.5. The first-order valence-electron chi connectivity index (χ1n) is 3.58. The average Bonchev–Trinajstić information content (AvgIpc) is 2.16. The summed E-state index contributed by atoms with van der Waals surface area (Å²) in [5, 5.41) is 10.7. The van der Waals surface area contributed by atoms with Crippen LogP contribution in [0.3, 0.4) is 0 Å². The van der Waals surface area contributed by atoms with Gasteiger partial charge in [0, 0.05) is 6.07 Å². The van der Waals surface area contributed by atoms with Gasteiger partial charge < -0.3 is 4.74 Å². The number of nitrogens with zero attached hydrogens (tertiary/aromatic N) is 1. The molecule has 0 saturated carbocycles. The number of ether oxygens (including phenoxy) is 1. The minimum atomic E-state index is -0.664. The van der Waals surface area contributed by atoms with Crippen LogP contribution in [-0.4, -0.2) is 18.3 Å². The molecular weight excluding hydrogens is 210 g/mol. The van der Waals surface area contributed by atoms with Gasteiger partial charge >= 0.3 is 0 Å². The number of rotatable bonds is 3. The summed E-state index contributed by atoms with van der Waals surface area (Å²) in [6.07, 6.45) is 0.350. The van der Waals surface area contributed by atoms with Gasteiger partial charge in [-0.3, -0.25) is 14.9 Å². The number of benzene rings is 1. The molecule has 5 nitrogen and oxygen atoms in total. The number of carbonyl (C=O) groups excluding carboxylic acids is 1. The molecule has 0 amide bonds. The lowest BCUT2D eigenvalue weighted by Crippen LogP contribution is -1.98. The zero-order valence-electron chi connectivity index (χ0n) is 7.19. The molecule has 0 radical (unpaired) electrons. The third kappa shape index (κ3) is 1.67. The maximum Gasteiger partial charge on any atom is 0.283 e. The van der Waals surface area contributed by atoms with Crippen molar-refractivity contribution in [3.8, 4) is 5.75 Å². The van der Waals surface area contributed by atoms with E-state index in [1.165, 1.54) is 13.2 Å². The predicted molar refractivity (Wildman–Crippen MR) is 50.0 cm³/mol. The van der Waals surface area contributed by atoms with Crippen LogP contribution >= 0.6 is 11.6 Å². The average molecular weight is 216 g/mol. The van der Waals surface area contributed by atoms with Gasteiger partial charge in [0.2, 0.25) is 0 Å². The Morgan fingerprint density at radius 2 is 2.21 bits per heavy atom. The highest BCUT2D eigenvalue weighted by Gasteiger charge is 2.20. The van der Waals surface area contributed by atoms with E-state index in [-0.39, 0.29) is 22.0 Å². The highest BCUT2D eigenvalue weighted by atomic mass is 35.5. The van der Waals surface area contributed by atoms with E-state index in [0.717, 1.165) is 6.07 Å². The van der Waals surface area contributed by atoms with Crippen molar-refractivity contribution < 1.29 is 14.5 Å². The van der Waals surface area contributed by atoms with Crippen molar-refractivity contribution in [3.63, 3.8) is 0 Å². The molecule has 1 aromatic carbocycles. The quantitative estimate of drug-likeness (QED) is 0.440. The Morgan fingerprint density at radius 1 is 1.57 bits per heavy atom. The van der Waals surface area contributed by atoms with Crippen LogP contribution in [0.5, 0.6) is 5.75 Å². The summed E-state index contributed by atoms with van der Waals surface area (Å²) < 4.78 is 4.79. The number of hydrogen-bond acceptors (Lipinski definition) is 4. The van der Waals surface area contributed by atoms with Crippen molar-refractivity contribution in [2.75, 3.05) is 7.11 Å². The van der Waals surface area contributed by atoms with Gasteiger partial charge in [-0.1, -0.05) is 11.6 Å². The minimum absolute atomic E-state index is 0.0240. The molecule has 1 rings (SSSR count). The zero-order valence-corrected chi connectivity index (χ0v) is 7.95. The van der Waals surface area contributed by atoms with E-state index >= 15 is 0 Å². The molecule has 74 valence electrons. The molecule has 6 heteroatoms. The monoisotopic (exact) mass is 215 g/mol. The predicted octanol–water partition coefficient (Wildman–Crippen LogP) is 2.07. The first-order valence-corrected chi connectivity index (χ1v) is 3.95. The molecule has 0 heterocycles. The molecule has 0 spiro atoms. The molecule has 0 aliphatic carbocycles. The Kier molecular flexibility index (Phi) is 3.03. The Hall–Kier alpha value is -1.62. The normalized spacial score (nSPS) is 9.57. The summed E-state index contributed by atoms with van der Waals surface area (Å²) in [6, 6.07) is 2.47. The highest BCUT2D eigenvalue weighted by Crippen LogP contribution is 2.33. The second kappa shape index (κ2) is 4.06. The number of nitro groups is 1. The lowest BCUT2D eigenvalue weighted by atomic mass is 10.2. The second-order valence-corrected chi connectivity index (χ2v) is 2.80. The van der Waals surface area contributed by atoms with Crippen LogP contribution in [-0.2, 0) is 0 Å². The molecule has 0 aliphatic heterocycles. The van der Waals surface area contributed by atoms with Crippen molar-refractivity contribution in [1.82, 2.24) is 0 Å².